The van der Waals surface area contributed by atoms with Crippen molar-refractivity contribution in [2.24, 2.45) is 28.6 Å². The molecule has 6 aliphatic rings. The van der Waals surface area contributed by atoms with Crippen molar-refractivity contribution < 1.29 is 23.9 Å². The van der Waals surface area contributed by atoms with E-state index in [1.807, 2.05) is 6.08 Å². The summed E-state index contributed by atoms with van der Waals surface area (Å²) in [5.41, 5.74) is 0.749. The van der Waals surface area contributed by atoms with E-state index >= 15 is 0 Å². The molecule has 3 saturated carbocycles. The van der Waals surface area contributed by atoms with Crippen LogP contribution in [0, 0.1) is 28.6 Å². The minimum Gasteiger partial charge on any atom is -0.458 e. The van der Waals surface area contributed by atoms with Crippen LogP contribution in [-0.4, -0.2) is 40.4 Å². The number of fused-ring (bicyclic) bond motifs is 6. The molecule has 8 atom stereocenters. The van der Waals surface area contributed by atoms with Crippen LogP contribution in [0.5, 0.6) is 0 Å². The van der Waals surface area contributed by atoms with Crippen molar-refractivity contribution in [2.75, 3.05) is 6.61 Å². The van der Waals surface area contributed by atoms with Crippen molar-refractivity contribution >= 4 is 28.6 Å². The predicted octanol–water partition coefficient (Wildman–Crippen LogP) is 3.84. The lowest BCUT2D eigenvalue weighted by Gasteiger charge is -2.60. The number of carbonyl (C=O) groups excluding carboxylic acids is 3. The van der Waals surface area contributed by atoms with Crippen molar-refractivity contribution in [3.63, 3.8) is 0 Å². The summed E-state index contributed by atoms with van der Waals surface area (Å²) in [5, 5.41) is 0.330. The molecule has 5 nitrogen and oxygen atoms in total. The zero-order valence-corrected chi connectivity index (χ0v) is 18.6. The molecule has 0 radical (unpaired) electrons. The highest BCUT2D eigenvalue weighted by molar-refractivity contribution is 8.14. The molecule has 4 aliphatic carbocycles. The van der Waals surface area contributed by atoms with Gasteiger partial charge < -0.3 is 9.47 Å². The van der Waals surface area contributed by atoms with Crippen LogP contribution < -0.4 is 0 Å². The molecule has 2 spiro atoms. The molecule has 2 bridgehead atoms. The van der Waals surface area contributed by atoms with E-state index in [2.05, 4.69) is 6.92 Å². The van der Waals surface area contributed by atoms with E-state index in [1.165, 1.54) is 17.3 Å². The van der Waals surface area contributed by atoms with Crippen LogP contribution in [0.15, 0.2) is 11.6 Å². The summed E-state index contributed by atoms with van der Waals surface area (Å²) in [6, 6.07) is 0. The standard InChI is InChI=1S/C24H30O5S/c1-13(25)30-18-10-14-9-15(26)3-6-22(14,2)21-17-11-23(12-28-17)16(20(18)21)4-7-24(23)8-5-19(27)29-24/h9,16-18,20-21H,3-8,10-12H2,1-2H3/t16?,17?,18-,20?,21?,22?,23?,24-/m1/s1. The Balaban J connectivity index is 1.47. The molecule has 162 valence electrons. The lowest BCUT2D eigenvalue weighted by Crippen LogP contribution is -2.60. The second kappa shape index (κ2) is 6.22. The molecule has 0 aromatic rings. The third-order valence-electron chi connectivity index (χ3n) is 9.78. The van der Waals surface area contributed by atoms with Gasteiger partial charge in [0.2, 0.25) is 0 Å². The van der Waals surface area contributed by atoms with Crippen LogP contribution in [0.4, 0.5) is 0 Å². The van der Waals surface area contributed by atoms with Crippen molar-refractivity contribution in [1.82, 2.24) is 0 Å². The van der Waals surface area contributed by atoms with Gasteiger partial charge in [0.15, 0.2) is 10.9 Å². The normalized spacial score (nSPS) is 51.3. The predicted molar refractivity (Wildman–Crippen MR) is 112 cm³/mol. The van der Waals surface area contributed by atoms with E-state index in [0.717, 1.165) is 38.5 Å². The van der Waals surface area contributed by atoms with Crippen molar-refractivity contribution in [1.29, 1.82) is 0 Å². The summed E-state index contributed by atoms with van der Waals surface area (Å²) in [7, 11) is 0. The highest BCUT2D eigenvalue weighted by Crippen LogP contribution is 2.73. The van der Waals surface area contributed by atoms with Gasteiger partial charge >= 0.3 is 5.97 Å². The fraction of sp³-hybridized carbons (Fsp3) is 0.792. The largest absolute Gasteiger partial charge is 0.458 e. The zero-order valence-electron chi connectivity index (χ0n) is 17.8. The molecule has 2 aliphatic heterocycles. The number of ether oxygens (including phenoxy) is 2. The van der Waals surface area contributed by atoms with Gasteiger partial charge in [0.05, 0.1) is 12.7 Å². The Hall–Kier alpha value is -1.14. The number of allylic oxidation sites excluding steroid dienone is 1. The first-order valence-corrected chi connectivity index (χ1v) is 12.4. The Bertz CT molecular complexity index is 881. The molecule has 2 heterocycles. The number of hydrogen-bond acceptors (Lipinski definition) is 6. The Morgan fingerprint density at radius 2 is 2.03 bits per heavy atom. The van der Waals surface area contributed by atoms with Gasteiger partial charge in [-0.1, -0.05) is 24.3 Å². The van der Waals surface area contributed by atoms with E-state index in [-0.39, 0.29) is 44.7 Å². The summed E-state index contributed by atoms with van der Waals surface area (Å²) < 4.78 is 12.7. The maximum atomic E-state index is 12.3. The molecule has 6 unspecified atom stereocenters. The number of esters is 1. The van der Waals surface area contributed by atoms with Crippen molar-refractivity contribution in [3.05, 3.63) is 11.6 Å². The van der Waals surface area contributed by atoms with Crippen LogP contribution in [-0.2, 0) is 23.9 Å². The van der Waals surface area contributed by atoms with Gasteiger partial charge in [-0.3, -0.25) is 14.4 Å². The van der Waals surface area contributed by atoms with E-state index in [4.69, 9.17) is 9.47 Å². The van der Waals surface area contributed by atoms with E-state index < -0.39 is 0 Å². The Labute approximate surface area is 181 Å². The number of hydrogen-bond donors (Lipinski definition) is 0. The Kier molecular flexibility index (Phi) is 4.05. The SMILES string of the molecule is CC(=O)S[C@@H]1CC2=CC(=O)CCC2(C)C2C3CC4(CO3)C(CC[C@@]43CCC(=O)O3)C21. The maximum absolute atomic E-state index is 12.3. The molecule has 0 amide bonds. The number of carbonyl (C=O) groups is 3. The topological polar surface area (TPSA) is 69.7 Å². The number of rotatable bonds is 1. The minimum absolute atomic E-state index is 0.0320. The molecule has 0 aromatic carbocycles. The monoisotopic (exact) mass is 430 g/mol. The van der Waals surface area contributed by atoms with Crippen LogP contribution in [0.1, 0.15) is 65.2 Å². The van der Waals surface area contributed by atoms with Gasteiger partial charge in [0.25, 0.3) is 0 Å². The number of thioether (sulfide) groups is 1. The van der Waals surface area contributed by atoms with E-state index in [9.17, 15) is 14.4 Å². The smallest absolute Gasteiger partial charge is 0.306 e. The molecule has 5 fully saturated rings. The highest BCUT2D eigenvalue weighted by Gasteiger charge is 2.75. The third kappa shape index (κ3) is 2.33. The molecule has 6 heteroatoms. The first-order valence-electron chi connectivity index (χ1n) is 11.5. The molecule has 0 aromatic heterocycles. The summed E-state index contributed by atoms with van der Waals surface area (Å²) in [4.78, 5) is 36.7. The van der Waals surface area contributed by atoms with Gasteiger partial charge in [0, 0.05) is 30.4 Å². The van der Waals surface area contributed by atoms with Gasteiger partial charge in [-0.25, -0.2) is 0 Å². The fourth-order valence-electron chi connectivity index (χ4n) is 8.66. The molecule has 0 N–H and O–H groups in total. The third-order valence-corrected chi connectivity index (χ3v) is 10.9. The lowest BCUT2D eigenvalue weighted by molar-refractivity contribution is -0.164. The van der Waals surface area contributed by atoms with Gasteiger partial charge in [-0.05, 0) is 67.8 Å². The maximum Gasteiger partial charge on any atom is 0.306 e. The average Bonchev–Trinajstić information content (AvgIpc) is 3.35. The summed E-state index contributed by atoms with van der Waals surface area (Å²) >= 11 is 1.47. The van der Waals surface area contributed by atoms with Crippen molar-refractivity contribution in [3.8, 4) is 0 Å². The van der Waals surface area contributed by atoms with Crippen molar-refractivity contribution in [2.45, 2.75) is 82.2 Å². The second-order valence-corrected chi connectivity index (χ2v) is 12.2. The number of ketones is 1. The second-order valence-electron chi connectivity index (χ2n) is 10.8. The van der Waals surface area contributed by atoms with Crippen LogP contribution >= 0.6 is 11.8 Å². The van der Waals surface area contributed by atoms with Crippen LogP contribution in [0.25, 0.3) is 0 Å². The zero-order chi connectivity index (χ0) is 20.9. The Morgan fingerprint density at radius 3 is 2.77 bits per heavy atom. The summed E-state index contributed by atoms with van der Waals surface area (Å²) in [6.45, 7) is 4.67. The van der Waals surface area contributed by atoms with Gasteiger partial charge in [-0.15, -0.1) is 0 Å². The highest BCUT2D eigenvalue weighted by atomic mass is 32.2. The summed E-state index contributed by atoms with van der Waals surface area (Å²) in [5.74, 6) is 1.28. The Morgan fingerprint density at radius 1 is 1.20 bits per heavy atom. The molecule has 6 rings (SSSR count). The molecular formula is C24H30O5S. The molecule has 30 heavy (non-hydrogen) atoms. The summed E-state index contributed by atoms with van der Waals surface area (Å²) in [6.07, 6.45) is 8.60. The quantitative estimate of drug-likeness (QED) is 0.589. The average molecular weight is 431 g/mol. The lowest BCUT2D eigenvalue weighted by atomic mass is 9.46. The molecule has 2 saturated heterocycles. The van der Waals surface area contributed by atoms with E-state index in [0.29, 0.717) is 37.2 Å². The first kappa shape index (κ1) is 19.5. The van der Waals surface area contributed by atoms with Gasteiger partial charge in [-0.2, -0.15) is 0 Å². The van der Waals surface area contributed by atoms with Crippen LogP contribution in [0.2, 0.25) is 0 Å². The molecular weight excluding hydrogens is 400 g/mol. The van der Waals surface area contributed by atoms with Gasteiger partial charge in [0.1, 0.15) is 5.60 Å². The first-order chi connectivity index (χ1) is 14.3. The van der Waals surface area contributed by atoms with Crippen LogP contribution in [0.3, 0.4) is 0 Å². The fourth-order valence-corrected chi connectivity index (χ4v) is 9.87. The van der Waals surface area contributed by atoms with E-state index in [1.54, 1.807) is 6.92 Å². The minimum atomic E-state index is -0.362.